The number of hydrogen-bond donors (Lipinski definition) is 7. The van der Waals surface area contributed by atoms with Crippen LogP contribution in [0, 0.1) is 0 Å². The van der Waals surface area contributed by atoms with Crippen molar-refractivity contribution in [1.29, 1.82) is 0 Å². The number of hydrazine groups is 1. The number of unbranched alkanes of at least 4 members (excludes halogenated alkanes) is 1. The van der Waals surface area contributed by atoms with Crippen molar-refractivity contribution in [1.82, 2.24) is 15.3 Å². The van der Waals surface area contributed by atoms with Crippen molar-refractivity contribution in [3.05, 3.63) is 0 Å². The Balaban J connectivity index is 5.27. The van der Waals surface area contributed by atoms with Crippen molar-refractivity contribution in [2.45, 2.75) is 44.2 Å². The number of nitrogens with two attached hydrogens (primary N) is 3. The topological polar surface area (TPSA) is 205 Å². The van der Waals surface area contributed by atoms with Gasteiger partial charge in [-0.15, -0.1) is 0 Å². The third-order valence-electron chi connectivity index (χ3n) is 4.19. The first-order valence-corrected chi connectivity index (χ1v) is 10.4. The maximum absolute atomic E-state index is 13.0. The van der Waals surface area contributed by atoms with Crippen LogP contribution in [-0.2, 0) is 19.2 Å². The Morgan fingerprint density at radius 2 is 1.60 bits per heavy atom. The van der Waals surface area contributed by atoms with Gasteiger partial charge in [0.1, 0.15) is 18.6 Å². The van der Waals surface area contributed by atoms with Crippen molar-refractivity contribution in [3.63, 3.8) is 0 Å². The Morgan fingerprint density at radius 3 is 2.10 bits per heavy atom. The van der Waals surface area contributed by atoms with Gasteiger partial charge in [0.15, 0.2) is 0 Å². The number of aliphatic carboxylic acids is 2. The molecule has 2 amide bonds. The molecule has 0 heterocycles. The summed E-state index contributed by atoms with van der Waals surface area (Å²) in [5, 5.41) is 23.2. The SMILES string of the molecule is NCCCCN(CCCN)N(CC(=O)O)C(=O)C(CS)NC(=O)CCC(N)C(=O)O. The molecule has 30 heavy (non-hydrogen) atoms. The zero-order valence-electron chi connectivity index (χ0n) is 17.0. The number of amides is 2. The molecule has 0 aromatic heterocycles. The summed E-state index contributed by atoms with van der Waals surface area (Å²) in [7, 11) is 0. The first-order valence-electron chi connectivity index (χ1n) is 9.74. The van der Waals surface area contributed by atoms with E-state index in [2.05, 4.69) is 17.9 Å². The minimum atomic E-state index is -1.23. The van der Waals surface area contributed by atoms with Gasteiger partial charge < -0.3 is 32.7 Å². The Labute approximate surface area is 181 Å². The second kappa shape index (κ2) is 15.8. The summed E-state index contributed by atoms with van der Waals surface area (Å²) in [6, 6.07) is -2.28. The number of thiol groups is 1. The third kappa shape index (κ3) is 11.3. The molecule has 2 atom stereocenters. The quantitative estimate of drug-likeness (QED) is 0.0724. The van der Waals surface area contributed by atoms with E-state index in [1.54, 1.807) is 5.01 Å². The molecule has 0 aromatic carbocycles. The predicted octanol–water partition coefficient (Wildman–Crippen LogP) is -2.19. The van der Waals surface area contributed by atoms with Crippen LogP contribution in [0.15, 0.2) is 0 Å². The lowest BCUT2D eigenvalue weighted by Crippen LogP contribution is -2.57. The molecule has 2 unspecified atom stereocenters. The summed E-state index contributed by atoms with van der Waals surface area (Å²) >= 11 is 4.10. The molecule has 0 saturated carbocycles. The van der Waals surface area contributed by atoms with Crippen LogP contribution < -0.4 is 22.5 Å². The Morgan fingerprint density at radius 1 is 1.00 bits per heavy atom. The normalized spacial score (nSPS) is 13.0. The molecule has 0 fully saturated rings. The lowest BCUT2D eigenvalue weighted by Gasteiger charge is -2.36. The van der Waals surface area contributed by atoms with Crippen molar-refractivity contribution in [2.24, 2.45) is 17.2 Å². The summed E-state index contributed by atoms with van der Waals surface area (Å²) in [4.78, 5) is 47.2. The minimum Gasteiger partial charge on any atom is -0.480 e. The number of nitrogens with zero attached hydrogens (tertiary/aromatic N) is 2. The number of nitrogens with one attached hydrogen (secondary N) is 1. The maximum Gasteiger partial charge on any atom is 0.324 e. The van der Waals surface area contributed by atoms with Crippen molar-refractivity contribution >= 4 is 36.4 Å². The fourth-order valence-corrected chi connectivity index (χ4v) is 2.80. The zero-order valence-corrected chi connectivity index (χ0v) is 17.9. The molecule has 0 saturated heterocycles. The highest BCUT2D eigenvalue weighted by atomic mass is 32.1. The highest BCUT2D eigenvalue weighted by Gasteiger charge is 2.30. The number of rotatable bonds is 17. The van der Waals surface area contributed by atoms with Crippen LogP contribution in [0.1, 0.15) is 32.1 Å². The van der Waals surface area contributed by atoms with Gasteiger partial charge >= 0.3 is 11.9 Å². The molecule has 0 aliphatic heterocycles. The van der Waals surface area contributed by atoms with Gasteiger partial charge in [0, 0.05) is 25.3 Å². The zero-order chi connectivity index (χ0) is 23.1. The first kappa shape index (κ1) is 28.1. The molecule has 0 rings (SSSR count). The largest absolute Gasteiger partial charge is 0.480 e. The molecule has 12 nitrogen and oxygen atoms in total. The van der Waals surface area contributed by atoms with E-state index in [-0.39, 0.29) is 18.6 Å². The highest BCUT2D eigenvalue weighted by Crippen LogP contribution is 2.08. The molecule has 13 heteroatoms. The van der Waals surface area contributed by atoms with E-state index >= 15 is 0 Å². The Hall–Kier alpha value is -1.93. The number of carbonyl (C=O) groups is 4. The van der Waals surface area contributed by atoms with Crippen molar-refractivity contribution < 1.29 is 29.4 Å². The molecule has 0 aliphatic rings. The van der Waals surface area contributed by atoms with Crippen LogP contribution in [0.25, 0.3) is 0 Å². The molecule has 0 aromatic rings. The lowest BCUT2D eigenvalue weighted by atomic mass is 10.1. The fraction of sp³-hybridized carbons (Fsp3) is 0.765. The summed E-state index contributed by atoms with van der Waals surface area (Å²) in [6.45, 7) is 0.998. The molecule has 0 radical (unpaired) electrons. The molecule has 9 N–H and O–H groups in total. The van der Waals surface area contributed by atoms with Crippen LogP contribution in [0.5, 0.6) is 0 Å². The number of carboxylic acids is 2. The second-order valence-electron chi connectivity index (χ2n) is 6.67. The van der Waals surface area contributed by atoms with Gasteiger partial charge in [0.2, 0.25) is 5.91 Å². The summed E-state index contributed by atoms with van der Waals surface area (Å²) < 4.78 is 0. The summed E-state index contributed by atoms with van der Waals surface area (Å²) in [5.74, 6) is -3.72. The molecular weight excluding hydrogens is 416 g/mol. The van der Waals surface area contributed by atoms with Crippen LogP contribution >= 0.6 is 12.6 Å². The Bertz CT molecular complexity index is 567. The van der Waals surface area contributed by atoms with Gasteiger partial charge in [0.05, 0.1) is 0 Å². The Kier molecular flexibility index (Phi) is 14.8. The van der Waals surface area contributed by atoms with E-state index < -0.39 is 42.4 Å². The van der Waals surface area contributed by atoms with Gasteiger partial charge in [0.25, 0.3) is 5.91 Å². The van der Waals surface area contributed by atoms with Crippen LogP contribution in [0.3, 0.4) is 0 Å². The molecule has 0 spiro atoms. The number of carboxylic acid groups (broad SMARTS) is 2. The third-order valence-corrected chi connectivity index (χ3v) is 4.55. The van der Waals surface area contributed by atoms with Gasteiger partial charge in [-0.05, 0) is 38.8 Å². The smallest absolute Gasteiger partial charge is 0.324 e. The van der Waals surface area contributed by atoms with E-state index in [4.69, 9.17) is 22.3 Å². The van der Waals surface area contributed by atoms with E-state index in [0.717, 1.165) is 5.01 Å². The van der Waals surface area contributed by atoms with Crippen LogP contribution in [-0.4, -0.2) is 94.5 Å². The first-order chi connectivity index (χ1) is 14.2. The maximum atomic E-state index is 13.0. The average Bonchev–Trinajstić information content (AvgIpc) is 2.70. The second-order valence-corrected chi connectivity index (χ2v) is 7.03. The van der Waals surface area contributed by atoms with Gasteiger partial charge in [-0.1, -0.05) is 0 Å². The summed E-state index contributed by atoms with van der Waals surface area (Å²) in [6.07, 6.45) is 1.59. The number of hydrogen-bond acceptors (Lipinski definition) is 9. The van der Waals surface area contributed by atoms with Crippen LogP contribution in [0.4, 0.5) is 0 Å². The molecule has 0 bridgehead atoms. The molecule has 174 valence electrons. The highest BCUT2D eigenvalue weighted by molar-refractivity contribution is 7.80. The average molecular weight is 451 g/mol. The standard InChI is InChI=1S/C17H34N6O6S/c18-6-1-2-8-22(9-3-7-19)23(10-15(25)26)16(27)13(11-30)21-14(24)5-4-12(20)17(28)29/h12-13,30H,1-11,18-20H2,(H,21,24)(H,25,26)(H,28,29). The fourth-order valence-electron chi connectivity index (χ4n) is 2.55. The number of carbonyl (C=O) groups excluding carboxylic acids is 2. The monoisotopic (exact) mass is 450 g/mol. The van der Waals surface area contributed by atoms with E-state index in [1.807, 2.05) is 0 Å². The predicted molar refractivity (Wildman–Crippen MR) is 114 cm³/mol. The van der Waals surface area contributed by atoms with Crippen molar-refractivity contribution in [2.75, 3.05) is 38.5 Å². The van der Waals surface area contributed by atoms with E-state index in [9.17, 15) is 24.3 Å². The van der Waals surface area contributed by atoms with E-state index in [1.165, 1.54) is 0 Å². The van der Waals surface area contributed by atoms with Gasteiger partial charge in [-0.25, -0.2) is 5.01 Å². The van der Waals surface area contributed by atoms with Crippen LogP contribution in [0.2, 0.25) is 0 Å². The van der Waals surface area contributed by atoms with Gasteiger partial charge in [-0.2, -0.15) is 12.6 Å². The molecular formula is C17H34N6O6S. The minimum absolute atomic E-state index is 0.0702. The summed E-state index contributed by atoms with van der Waals surface area (Å²) in [5.41, 5.74) is 16.4. The lowest BCUT2D eigenvalue weighted by molar-refractivity contribution is -0.161. The van der Waals surface area contributed by atoms with E-state index in [0.29, 0.717) is 45.4 Å². The van der Waals surface area contributed by atoms with Gasteiger partial charge in [-0.3, -0.25) is 24.2 Å². The molecule has 0 aliphatic carbocycles. The van der Waals surface area contributed by atoms with Crippen molar-refractivity contribution in [3.8, 4) is 0 Å².